The van der Waals surface area contributed by atoms with Crippen LogP contribution in [0.5, 0.6) is 5.75 Å². The van der Waals surface area contributed by atoms with Gasteiger partial charge in [0.1, 0.15) is 23.2 Å². The number of aromatic nitrogens is 1. The van der Waals surface area contributed by atoms with Gasteiger partial charge in [-0.3, -0.25) is 9.63 Å². The number of thiazole rings is 1. The normalized spacial score (nSPS) is 10.7. The molecule has 4 nitrogen and oxygen atoms in total. The molecule has 1 heterocycles. The Morgan fingerprint density at radius 2 is 2.04 bits per heavy atom. The quantitative estimate of drug-likeness (QED) is 0.711. The zero-order chi connectivity index (χ0) is 16.2. The van der Waals surface area contributed by atoms with Crippen LogP contribution in [0.4, 0.5) is 4.39 Å². The summed E-state index contributed by atoms with van der Waals surface area (Å²) in [5, 5.41) is 0.774. The van der Waals surface area contributed by atoms with E-state index in [4.69, 9.17) is 16.5 Å². The van der Waals surface area contributed by atoms with Gasteiger partial charge in [-0.15, -0.1) is 11.3 Å². The molecule has 0 atom stereocenters. The number of hydrogen-bond donors (Lipinski definition) is 1. The minimum Gasteiger partial charge on any atom is -0.486 e. The maximum absolute atomic E-state index is 13.2. The summed E-state index contributed by atoms with van der Waals surface area (Å²) in [5.41, 5.74) is 1.60. The van der Waals surface area contributed by atoms with E-state index in [0.717, 1.165) is 20.8 Å². The molecule has 0 aliphatic rings. The lowest BCUT2D eigenvalue weighted by Crippen LogP contribution is -2.14. The summed E-state index contributed by atoms with van der Waals surface area (Å²) in [6.45, 7) is 0.308. The summed E-state index contributed by atoms with van der Waals surface area (Å²) in [6.07, 6.45) is 0.215. The van der Waals surface area contributed by atoms with Crippen LogP contribution in [0, 0.1) is 5.82 Å². The standard InChI is InChI=1S/C16H12ClFN2O2S/c17-20-15(21)7-10-1-4-12(5-2-10)22-9-16-19-13-6-3-11(18)8-14(13)23-16/h1-6,8H,7,9H2,(H,20,21). The number of rotatable bonds is 5. The predicted molar refractivity (Wildman–Crippen MR) is 88.1 cm³/mol. The Kier molecular flexibility index (Phi) is 4.73. The van der Waals surface area contributed by atoms with E-state index in [1.165, 1.54) is 23.5 Å². The predicted octanol–water partition coefficient (Wildman–Crippen LogP) is 3.83. The zero-order valence-corrected chi connectivity index (χ0v) is 13.5. The Hall–Kier alpha value is -2.18. The van der Waals surface area contributed by atoms with Gasteiger partial charge < -0.3 is 4.74 Å². The second-order valence-corrected chi connectivity index (χ2v) is 6.15. The molecule has 3 aromatic rings. The van der Waals surface area contributed by atoms with Crippen LogP contribution in [-0.2, 0) is 17.8 Å². The van der Waals surface area contributed by atoms with E-state index in [0.29, 0.717) is 12.4 Å². The maximum atomic E-state index is 13.2. The van der Waals surface area contributed by atoms with E-state index in [1.807, 2.05) is 0 Å². The first-order valence-electron chi connectivity index (χ1n) is 6.80. The molecular formula is C16H12ClFN2O2S. The molecule has 0 radical (unpaired) electrons. The van der Waals surface area contributed by atoms with E-state index in [1.54, 1.807) is 30.3 Å². The molecule has 3 rings (SSSR count). The average molecular weight is 351 g/mol. The molecule has 23 heavy (non-hydrogen) atoms. The van der Waals surface area contributed by atoms with Gasteiger partial charge in [0.2, 0.25) is 5.91 Å². The van der Waals surface area contributed by atoms with Gasteiger partial charge in [-0.1, -0.05) is 12.1 Å². The molecular weight excluding hydrogens is 339 g/mol. The largest absolute Gasteiger partial charge is 0.486 e. The molecule has 118 valence electrons. The highest BCUT2D eigenvalue weighted by molar-refractivity contribution is 7.18. The molecule has 0 spiro atoms. The number of nitrogens with zero attached hydrogens (tertiary/aromatic N) is 1. The third-order valence-electron chi connectivity index (χ3n) is 3.15. The molecule has 0 aliphatic carbocycles. The van der Waals surface area contributed by atoms with Gasteiger partial charge in [-0.05, 0) is 35.9 Å². The van der Waals surface area contributed by atoms with Crippen LogP contribution in [0.3, 0.4) is 0 Å². The Bertz CT molecular complexity index is 836. The van der Waals surface area contributed by atoms with Crippen molar-refractivity contribution in [1.29, 1.82) is 0 Å². The number of amides is 1. The highest BCUT2D eigenvalue weighted by Gasteiger charge is 2.06. The molecule has 0 saturated heterocycles. The Labute approximate surface area is 141 Å². The number of fused-ring (bicyclic) bond motifs is 1. The lowest BCUT2D eigenvalue weighted by molar-refractivity contribution is -0.118. The van der Waals surface area contributed by atoms with Gasteiger partial charge in [0.05, 0.1) is 16.6 Å². The summed E-state index contributed by atoms with van der Waals surface area (Å²) in [6, 6.07) is 11.7. The van der Waals surface area contributed by atoms with Crippen LogP contribution in [0.25, 0.3) is 10.2 Å². The molecule has 1 amide bonds. The first kappa shape index (κ1) is 15.7. The summed E-state index contributed by atoms with van der Waals surface area (Å²) in [5.74, 6) is 0.137. The van der Waals surface area contributed by atoms with Gasteiger partial charge in [-0.25, -0.2) is 9.37 Å². The Morgan fingerprint density at radius 3 is 2.78 bits per heavy atom. The number of nitrogens with one attached hydrogen (secondary N) is 1. The van der Waals surface area contributed by atoms with Crippen LogP contribution in [0.1, 0.15) is 10.6 Å². The number of carbonyl (C=O) groups is 1. The molecule has 1 N–H and O–H groups in total. The fraction of sp³-hybridized carbons (Fsp3) is 0.125. The van der Waals surface area contributed by atoms with Crippen molar-refractivity contribution in [3.8, 4) is 5.75 Å². The van der Waals surface area contributed by atoms with Crippen molar-refractivity contribution in [3.05, 3.63) is 58.9 Å². The fourth-order valence-corrected chi connectivity index (χ4v) is 3.05. The highest BCUT2D eigenvalue weighted by Crippen LogP contribution is 2.24. The maximum Gasteiger partial charge on any atom is 0.238 e. The minimum atomic E-state index is -0.273. The number of ether oxygens (including phenoxy) is 1. The second kappa shape index (κ2) is 6.93. The van der Waals surface area contributed by atoms with Crippen molar-refractivity contribution < 1.29 is 13.9 Å². The van der Waals surface area contributed by atoms with Crippen molar-refractivity contribution >= 4 is 39.2 Å². The van der Waals surface area contributed by atoms with Gasteiger partial charge in [0.15, 0.2) is 0 Å². The van der Waals surface area contributed by atoms with Crippen LogP contribution in [0.15, 0.2) is 42.5 Å². The highest BCUT2D eigenvalue weighted by atomic mass is 35.5. The Balaban J connectivity index is 1.63. The molecule has 0 aliphatic heterocycles. The van der Waals surface area contributed by atoms with Crippen molar-refractivity contribution in [2.24, 2.45) is 0 Å². The lowest BCUT2D eigenvalue weighted by atomic mass is 10.1. The van der Waals surface area contributed by atoms with Crippen LogP contribution in [0.2, 0.25) is 0 Å². The van der Waals surface area contributed by atoms with Crippen LogP contribution < -0.4 is 9.57 Å². The van der Waals surface area contributed by atoms with E-state index in [-0.39, 0.29) is 18.1 Å². The monoisotopic (exact) mass is 350 g/mol. The third-order valence-corrected chi connectivity index (χ3v) is 4.35. The second-order valence-electron chi connectivity index (χ2n) is 4.85. The molecule has 1 aromatic heterocycles. The van der Waals surface area contributed by atoms with Gasteiger partial charge in [0.25, 0.3) is 0 Å². The van der Waals surface area contributed by atoms with Crippen LogP contribution in [-0.4, -0.2) is 10.9 Å². The molecule has 2 aromatic carbocycles. The molecule has 7 heteroatoms. The number of benzene rings is 2. The van der Waals surface area contributed by atoms with Crippen molar-refractivity contribution in [3.63, 3.8) is 0 Å². The topological polar surface area (TPSA) is 51.2 Å². The van der Waals surface area contributed by atoms with Gasteiger partial charge in [-0.2, -0.15) is 0 Å². The summed E-state index contributed by atoms with van der Waals surface area (Å²) in [4.78, 5) is 17.6. The molecule has 0 unspecified atom stereocenters. The van der Waals surface area contributed by atoms with Crippen molar-refractivity contribution in [2.75, 3.05) is 0 Å². The molecule has 0 saturated carbocycles. The van der Waals surface area contributed by atoms with E-state index >= 15 is 0 Å². The fourth-order valence-electron chi connectivity index (χ4n) is 2.08. The first-order valence-corrected chi connectivity index (χ1v) is 7.99. The average Bonchev–Trinajstić information content (AvgIpc) is 2.96. The summed E-state index contributed by atoms with van der Waals surface area (Å²) < 4.78 is 19.6. The smallest absolute Gasteiger partial charge is 0.238 e. The summed E-state index contributed by atoms with van der Waals surface area (Å²) in [7, 11) is 0. The SMILES string of the molecule is O=C(Cc1ccc(OCc2nc3ccc(F)cc3s2)cc1)NCl. The van der Waals surface area contributed by atoms with E-state index in [2.05, 4.69) is 9.82 Å². The van der Waals surface area contributed by atoms with Crippen molar-refractivity contribution in [2.45, 2.75) is 13.0 Å². The minimum absolute atomic E-state index is 0.215. The third kappa shape index (κ3) is 3.97. The lowest BCUT2D eigenvalue weighted by Gasteiger charge is -2.05. The van der Waals surface area contributed by atoms with Gasteiger partial charge in [0, 0.05) is 11.8 Å². The Morgan fingerprint density at radius 1 is 1.26 bits per heavy atom. The first-order chi connectivity index (χ1) is 11.1. The van der Waals surface area contributed by atoms with E-state index < -0.39 is 0 Å². The number of hydrogen-bond acceptors (Lipinski definition) is 4. The molecule has 0 bridgehead atoms. The number of carbonyl (C=O) groups excluding carboxylic acids is 1. The van der Waals surface area contributed by atoms with Crippen LogP contribution >= 0.6 is 23.1 Å². The van der Waals surface area contributed by atoms with Crippen molar-refractivity contribution in [1.82, 2.24) is 9.82 Å². The molecule has 0 fully saturated rings. The summed E-state index contributed by atoms with van der Waals surface area (Å²) >= 11 is 6.64. The zero-order valence-electron chi connectivity index (χ0n) is 11.9. The van der Waals surface area contributed by atoms with E-state index in [9.17, 15) is 9.18 Å². The van der Waals surface area contributed by atoms with Gasteiger partial charge >= 0.3 is 0 Å². The number of halogens is 2.